The van der Waals surface area contributed by atoms with E-state index in [1.807, 2.05) is 45.0 Å². The van der Waals surface area contributed by atoms with Gasteiger partial charge in [-0.15, -0.1) is 0 Å². The molecule has 0 bridgehead atoms. The van der Waals surface area contributed by atoms with E-state index in [9.17, 15) is 19.8 Å². The van der Waals surface area contributed by atoms with Crippen LogP contribution in [-0.2, 0) is 38.8 Å². The minimum Gasteiger partial charge on any atom is -0.496 e. The number of aromatic carboxylic acids is 2. The maximum atomic E-state index is 11.7. The Morgan fingerprint density at radius 2 is 1.25 bits per heavy atom. The van der Waals surface area contributed by atoms with Gasteiger partial charge in [0.2, 0.25) is 0 Å². The molecule has 6 aromatic rings. The van der Waals surface area contributed by atoms with Gasteiger partial charge in [-0.2, -0.15) is 0 Å². The molecule has 0 aliphatic heterocycles. The van der Waals surface area contributed by atoms with Gasteiger partial charge >= 0.3 is 11.9 Å². The van der Waals surface area contributed by atoms with Crippen LogP contribution in [0.3, 0.4) is 0 Å². The highest BCUT2D eigenvalue weighted by Gasteiger charge is 2.24. The molecule has 51 heavy (non-hydrogen) atoms. The first-order chi connectivity index (χ1) is 24.9. The summed E-state index contributed by atoms with van der Waals surface area (Å²) in [5.41, 5.74) is 11.0. The van der Waals surface area contributed by atoms with Crippen LogP contribution in [0, 0.1) is 6.92 Å². The summed E-state index contributed by atoms with van der Waals surface area (Å²) in [5, 5.41) is 21.7. The van der Waals surface area contributed by atoms with Crippen molar-refractivity contribution in [3.8, 4) is 5.75 Å². The van der Waals surface area contributed by atoms with Gasteiger partial charge in [-0.1, -0.05) is 50.2 Å². The number of carboxylic acids is 2. The summed E-state index contributed by atoms with van der Waals surface area (Å²) >= 11 is 0. The van der Waals surface area contributed by atoms with Gasteiger partial charge in [-0.3, -0.25) is 0 Å². The van der Waals surface area contributed by atoms with Crippen LogP contribution in [-0.4, -0.2) is 43.4 Å². The Hall–Kier alpha value is -5.37. The number of aryl methyl sites for hydroxylation is 3. The maximum Gasteiger partial charge on any atom is 0.336 e. The fourth-order valence-electron chi connectivity index (χ4n) is 7.94. The molecule has 0 amide bonds. The lowest BCUT2D eigenvalue weighted by molar-refractivity contribution is 0.0684. The highest BCUT2D eigenvalue weighted by Crippen LogP contribution is 2.35. The third-order valence-corrected chi connectivity index (χ3v) is 10.3. The van der Waals surface area contributed by atoms with Gasteiger partial charge in [0.1, 0.15) is 11.4 Å². The van der Waals surface area contributed by atoms with Crippen LogP contribution in [0.5, 0.6) is 5.75 Å². The first-order valence-electron chi connectivity index (χ1n) is 18.1. The monoisotopic (exact) mass is 685 g/mol. The average Bonchev–Trinajstić information content (AvgIpc) is 3.66. The number of nitrogens with zero attached hydrogens (tertiary/aromatic N) is 3. The van der Waals surface area contributed by atoms with E-state index in [4.69, 9.17) is 4.74 Å². The van der Waals surface area contributed by atoms with Gasteiger partial charge in [-0.25, -0.2) is 14.6 Å². The predicted molar refractivity (Wildman–Crippen MR) is 203 cm³/mol. The molecule has 3 aromatic carbocycles. The topological polar surface area (TPSA) is 107 Å². The quantitative estimate of drug-likeness (QED) is 0.174. The second-order valence-electron chi connectivity index (χ2n) is 13.0. The number of para-hydroxylation sites is 1. The van der Waals surface area contributed by atoms with E-state index in [0.29, 0.717) is 30.0 Å². The maximum absolute atomic E-state index is 11.7. The normalized spacial score (nSPS) is 13.3. The Kier molecular flexibility index (Phi) is 10.9. The molecule has 0 atom stereocenters. The smallest absolute Gasteiger partial charge is 0.336 e. The summed E-state index contributed by atoms with van der Waals surface area (Å²) in [6.07, 6.45) is 10.9. The Labute approximate surface area is 299 Å². The van der Waals surface area contributed by atoms with Crippen molar-refractivity contribution in [1.82, 2.24) is 14.1 Å². The number of aromatic nitrogens is 3. The van der Waals surface area contributed by atoms with E-state index in [2.05, 4.69) is 44.5 Å². The first kappa shape index (κ1) is 35.5. The molecule has 0 saturated heterocycles. The van der Waals surface area contributed by atoms with Crippen LogP contribution in [0.15, 0.2) is 79.0 Å². The summed E-state index contributed by atoms with van der Waals surface area (Å²) < 4.78 is 9.96. The number of fused-ring (bicyclic) bond motifs is 6. The summed E-state index contributed by atoms with van der Waals surface area (Å²) in [5.74, 6) is -1.19. The largest absolute Gasteiger partial charge is 0.496 e. The second kappa shape index (κ2) is 15.7. The lowest BCUT2D eigenvalue weighted by Gasteiger charge is -2.18. The second-order valence-corrected chi connectivity index (χ2v) is 13.0. The van der Waals surface area contributed by atoms with Crippen molar-refractivity contribution in [1.29, 1.82) is 0 Å². The van der Waals surface area contributed by atoms with E-state index in [1.165, 1.54) is 58.1 Å². The number of methoxy groups -OCH3 is 1. The van der Waals surface area contributed by atoms with Crippen LogP contribution < -0.4 is 4.74 Å². The Balaban J connectivity index is 0.000000168. The Morgan fingerprint density at radius 3 is 1.94 bits per heavy atom. The number of pyridine rings is 1. The van der Waals surface area contributed by atoms with Gasteiger partial charge in [0, 0.05) is 46.0 Å². The molecular formula is C43H47N3O5. The average molecular weight is 686 g/mol. The van der Waals surface area contributed by atoms with Gasteiger partial charge in [0.05, 0.1) is 24.8 Å². The number of benzene rings is 3. The minimum absolute atomic E-state index is 0.279. The molecule has 264 valence electrons. The first-order valence-corrected chi connectivity index (χ1v) is 18.1. The van der Waals surface area contributed by atoms with E-state index < -0.39 is 11.9 Å². The molecule has 2 aliphatic carbocycles. The van der Waals surface area contributed by atoms with Crippen molar-refractivity contribution in [2.75, 3.05) is 7.11 Å². The summed E-state index contributed by atoms with van der Waals surface area (Å²) in [7, 11) is 1.58. The Bertz CT molecular complexity index is 2210. The lowest BCUT2D eigenvalue weighted by atomic mass is 9.95. The summed E-state index contributed by atoms with van der Waals surface area (Å²) in [6, 6.07) is 23.3. The SMILES string of the molecule is CC.COc1cccc(C(=O)O)c1Cn1c2c(c3cccnc31)CCCC2.Cc1cccc(C(=O)O)c1Cn1c2c(c3ccccc31)CCCC2. The van der Waals surface area contributed by atoms with Crippen molar-refractivity contribution < 1.29 is 24.5 Å². The zero-order valence-electron chi connectivity index (χ0n) is 30.0. The van der Waals surface area contributed by atoms with Gasteiger partial charge in [0.15, 0.2) is 0 Å². The molecule has 2 aliphatic rings. The number of rotatable bonds is 7. The van der Waals surface area contributed by atoms with E-state index in [1.54, 1.807) is 31.5 Å². The molecule has 0 fully saturated rings. The highest BCUT2D eigenvalue weighted by molar-refractivity contribution is 5.91. The van der Waals surface area contributed by atoms with Gasteiger partial charge < -0.3 is 24.1 Å². The van der Waals surface area contributed by atoms with Crippen molar-refractivity contribution in [2.45, 2.75) is 85.2 Å². The van der Waals surface area contributed by atoms with Gasteiger partial charge in [0.25, 0.3) is 0 Å². The van der Waals surface area contributed by atoms with Crippen LogP contribution in [0.2, 0.25) is 0 Å². The van der Waals surface area contributed by atoms with E-state index >= 15 is 0 Å². The fraction of sp³-hybridized carbons (Fsp3) is 0.326. The highest BCUT2D eigenvalue weighted by atomic mass is 16.5. The molecule has 0 saturated carbocycles. The molecule has 8 nitrogen and oxygen atoms in total. The van der Waals surface area contributed by atoms with Gasteiger partial charge in [-0.05, 0) is 117 Å². The predicted octanol–water partition coefficient (Wildman–Crippen LogP) is 9.27. The van der Waals surface area contributed by atoms with Crippen LogP contribution in [0.1, 0.15) is 99.5 Å². The molecule has 3 aromatic heterocycles. The van der Waals surface area contributed by atoms with E-state index in [0.717, 1.165) is 48.9 Å². The summed E-state index contributed by atoms with van der Waals surface area (Å²) in [4.78, 5) is 27.9. The number of hydrogen-bond acceptors (Lipinski definition) is 4. The number of ether oxygens (including phenoxy) is 1. The summed E-state index contributed by atoms with van der Waals surface area (Å²) in [6.45, 7) is 7.08. The molecule has 0 spiro atoms. The fourth-order valence-corrected chi connectivity index (χ4v) is 7.94. The van der Waals surface area contributed by atoms with E-state index in [-0.39, 0.29) is 5.56 Å². The standard InChI is InChI=1S/C21H21NO2.C20H20N2O3.C2H6/c1-14-7-6-10-17(21(23)24)18(14)13-22-19-11-4-2-8-15(19)16-9-3-5-12-20(16)22;1-25-18-10-4-7-15(20(23)24)16(18)12-22-17-9-3-2-6-13(17)14-8-5-11-21-19(14)22;1-2/h2,4,6-8,10-11H,3,5,9,12-13H2,1H3,(H,23,24);4-5,7-8,10-11H,2-3,6,9,12H2,1H3,(H,23,24);1-2H3. The van der Waals surface area contributed by atoms with Crippen LogP contribution >= 0.6 is 0 Å². The number of carboxylic acid groups (broad SMARTS) is 2. The third kappa shape index (κ3) is 6.87. The van der Waals surface area contributed by atoms with Crippen molar-refractivity contribution in [2.24, 2.45) is 0 Å². The Morgan fingerprint density at radius 1 is 0.686 bits per heavy atom. The van der Waals surface area contributed by atoms with Crippen molar-refractivity contribution in [3.05, 3.63) is 129 Å². The molecule has 3 heterocycles. The lowest BCUT2D eigenvalue weighted by Crippen LogP contribution is -2.13. The number of hydrogen-bond donors (Lipinski definition) is 2. The van der Waals surface area contributed by atoms with Crippen molar-refractivity contribution >= 4 is 33.9 Å². The molecule has 0 radical (unpaired) electrons. The molecule has 8 rings (SSSR count). The zero-order valence-corrected chi connectivity index (χ0v) is 30.0. The number of carbonyl (C=O) groups is 2. The third-order valence-electron chi connectivity index (χ3n) is 10.3. The molecule has 2 N–H and O–H groups in total. The minimum atomic E-state index is -0.938. The van der Waals surface area contributed by atoms with Crippen molar-refractivity contribution in [3.63, 3.8) is 0 Å². The zero-order chi connectivity index (χ0) is 36.1. The molecule has 0 unspecified atom stereocenters. The molecular weight excluding hydrogens is 638 g/mol. The molecule has 8 heteroatoms. The van der Waals surface area contributed by atoms with Crippen LogP contribution in [0.25, 0.3) is 21.9 Å². The van der Waals surface area contributed by atoms with Crippen LogP contribution in [0.4, 0.5) is 0 Å².